The second kappa shape index (κ2) is 4.21. The number of alkyl halides is 3. The standard InChI is InChI=1S/C12H15F4NOSi/c1-19(2,3)18-11(12(14,15)16)7-17-10-5-4-8(13)6-9(10)11/h4-6,17H,7H2,1-3H3. The van der Waals surface area contributed by atoms with E-state index in [1.807, 2.05) is 0 Å². The maximum atomic E-state index is 13.5. The molecule has 1 aromatic rings. The van der Waals surface area contributed by atoms with Crippen LogP contribution in [0.15, 0.2) is 18.2 Å². The summed E-state index contributed by atoms with van der Waals surface area (Å²) in [5, 5.41) is 2.66. The van der Waals surface area contributed by atoms with Crippen LogP contribution in [0.5, 0.6) is 0 Å². The van der Waals surface area contributed by atoms with Gasteiger partial charge < -0.3 is 9.74 Å². The molecule has 0 saturated carbocycles. The van der Waals surface area contributed by atoms with E-state index in [1.54, 1.807) is 19.6 Å². The van der Waals surface area contributed by atoms with Gasteiger partial charge in [-0.15, -0.1) is 0 Å². The van der Waals surface area contributed by atoms with Crippen LogP contribution in [0.4, 0.5) is 23.2 Å². The lowest BCUT2D eigenvalue weighted by Gasteiger charge is -2.37. The molecule has 0 saturated heterocycles. The van der Waals surface area contributed by atoms with Gasteiger partial charge in [-0.05, 0) is 37.8 Å². The number of halogens is 4. The molecule has 0 radical (unpaired) electrons. The van der Waals surface area contributed by atoms with Crippen molar-refractivity contribution in [3.8, 4) is 0 Å². The van der Waals surface area contributed by atoms with E-state index >= 15 is 0 Å². The minimum Gasteiger partial charge on any atom is -0.399 e. The van der Waals surface area contributed by atoms with Gasteiger partial charge in [-0.25, -0.2) is 4.39 Å². The van der Waals surface area contributed by atoms with E-state index in [0.29, 0.717) is 0 Å². The van der Waals surface area contributed by atoms with Crippen LogP contribution in [0, 0.1) is 5.82 Å². The Kier molecular flexibility index (Phi) is 3.17. The van der Waals surface area contributed by atoms with Gasteiger partial charge in [-0.2, -0.15) is 13.2 Å². The smallest absolute Gasteiger partial charge is 0.399 e. The molecule has 1 heterocycles. The fraction of sp³-hybridized carbons (Fsp3) is 0.500. The summed E-state index contributed by atoms with van der Waals surface area (Å²) >= 11 is 0. The van der Waals surface area contributed by atoms with E-state index in [9.17, 15) is 17.6 Å². The van der Waals surface area contributed by atoms with Gasteiger partial charge in [-0.3, -0.25) is 0 Å². The molecule has 7 heteroatoms. The SMILES string of the molecule is C[Si](C)(C)OC1(C(F)(F)F)CNc2ccc(F)cc21. The van der Waals surface area contributed by atoms with Crippen LogP contribution < -0.4 is 5.32 Å². The van der Waals surface area contributed by atoms with Crippen molar-refractivity contribution in [2.75, 3.05) is 11.9 Å². The topological polar surface area (TPSA) is 21.3 Å². The van der Waals surface area contributed by atoms with Crippen molar-refractivity contribution in [3.05, 3.63) is 29.6 Å². The van der Waals surface area contributed by atoms with Crippen LogP contribution in [0.2, 0.25) is 19.6 Å². The third-order valence-electron chi connectivity index (χ3n) is 2.88. The molecule has 19 heavy (non-hydrogen) atoms. The van der Waals surface area contributed by atoms with Gasteiger partial charge in [0.1, 0.15) is 5.82 Å². The number of hydrogen-bond donors (Lipinski definition) is 1. The van der Waals surface area contributed by atoms with Crippen LogP contribution in [-0.4, -0.2) is 21.0 Å². The Morgan fingerprint density at radius 2 is 1.89 bits per heavy atom. The summed E-state index contributed by atoms with van der Waals surface area (Å²) in [4.78, 5) is 0. The van der Waals surface area contributed by atoms with Gasteiger partial charge in [0.2, 0.25) is 0 Å². The van der Waals surface area contributed by atoms with Crippen molar-refractivity contribution in [2.24, 2.45) is 0 Å². The van der Waals surface area contributed by atoms with Gasteiger partial charge in [0.05, 0.1) is 6.54 Å². The molecule has 2 nitrogen and oxygen atoms in total. The third-order valence-corrected chi connectivity index (χ3v) is 3.84. The molecule has 1 unspecified atom stereocenters. The largest absolute Gasteiger partial charge is 0.422 e. The van der Waals surface area contributed by atoms with E-state index < -0.39 is 32.5 Å². The van der Waals surface area contributed by atoms with Gasteiger partial charge >= 0.3 is 6.18 Å². The zero-order valence-corrected chi connectivity index (χ0v) is 11.9. The van der Waals surface area contributed by atoms with E-state index in [2.05, 4.69) is 5.32 Å². The predicted octanol–water partition coefficient (Wildman–Crippen LogP) is 3.86. The Morgan fingerprint density at radius 1 is 1.26 bits per heavy atom. The maximum absolute atomic E-state index is 13.5. The molecule has 106 valence electrons. The van der Waals surface area contributed by atoms with Crippen LogP contribution in [0.3, 0.4) is 0 Å². The van der Waals surface area contributed by atoms with Crippen LogP contribution >= 0.6 is 0 Å². The van der Waals surface area contributed by atoms with E-state index in [1.165, 1.54) is 6.07 Å². The molecule has 0 aliphatic carbocycles. The molecule has 0 fully saturated rings. The Bertz CT molecular complexity index is 497. The van der Waals surface area contributed by atoms with Crippen LogP contribution in [0.1, 0.15) is 5.56 Å². The average Bonchev–Trinajstić information content (AvgIpc) is 2.55. The quantitative estimate of drug-likeness (QED) is 0.660. The van der Waals surface area contributed by atoms with E-state index in [0.717, 1.165) is 12.1 Å². The number of anilines is 1. The molecule has 1 aromatic carbocycles. The number of fused-ring (bicyclic) bond motifs is 1. The van der Waals surface area contributed by atoms with Crippen molar-refractivity contribution in [2.45, 2.75) is 31.4 Å². The summed E-state index contributed by atoms with van der Waals surface area (Å²) in [6.07, 6.45) is -4.60. The summed E-state index contributed by atoms with van der Waals surface area (Å²) < 4.78 is 59.2. The highest BCUT2D eigenvalue weighted by Gasteiger charge is 2.61. The van der Waals surface area contributed by atoms with Gasteiger partial charge in [0, 0.05) is 11.3 Å². The van der Waals surface area contributed by atoms with E-state index in [-0.39, 0.29) is 11.3 Å². The molecule has 1 aliphatic rings. The zero-order valence-electron chi connectivity index (χ0n) is 10.9. The molecule has 2 rings (SSSR count). The Hall–Kier alpha value is -1.08. The molecule has 1 N–H and O–H groups in total. The lowest BCUT2D eigenvalue weighted by molar-refractivity contribution is -0.250. The van der Waals surface area contributed by atoms with Gasteiger partial charge in [0.25, 0.3) is 0 Å². The fourth-order valence-corrected chi connectivity index (χ4v) is 3.59. The molecular formula is C12H15F4NOSi. The number of rotatable bonds is 2. The number of hydrogen-bond acceptors (Lipinski definition) is 2. The first kappa shape index (κ1) is 14.3. The van der Waals surface area contributed by atoms with Gasteiger partial charge in [0.15, 0.2) is 13.9 Å². The summed E-state index contributed by atoms with van der Waals surface area (Å²) in [6.45, 7) is 4.62. The Labute approximate surface area is 109 Å². The molecule has 0 aromatic heterocycles. The lowest BCUT2D eigenvalue weighted by Crippen LogP contribution is -2.52. The number of nitrogens with one attached hydrogen (secondary N) is 1. The van der Waals surface area contributed by atoms with Crippen LogP contribution in [-0.2, 0) is 10.0 Å². The molecule has 1 atom stereocenters. The minimum atomic E-state index is -4.60. The van der Waals surface area contributed by atoms with Crippen molar-refractivity contribution >= 4 is 14.0 Å². The summed E-state index contributed by atoms with van der Waals surface area (Å²) in [7, 11) is -2.47. The van der Waals surface area contributed by atoms with Crippen molar-refractivity contribution in [1.29, 1.82) is 0 Å². The predicted molar refractivity (Wildman–Crippen MR) is 67.1 cm³/mol. The fourth-order valence-electron chi connectivity index (χ4n) is 2.24. The molecular weight excluding hydrogens is 278 g/mol. The first-order valence-electron chi connectivity index (χ1n) is 5.86. The lowest BCUT2D eigenvalue weighted by atomic mass is 9.95. The Balaban J connectivity index is 2.58. The second-order valence-corrected chi connectivity index (χ2v) is 10.0. The van der Waals surface area contributed by atoms with Gasteiger partial charge in [-0.1, -0.05) is 0 Å². The molecule has 0 bridgehead atoms. The highest BCUT2D eigenvalue weighted by Crippen LogP contribution is 2.50. The number of benzene rings is 1. The zero-order chi connectivity index (χ0) is 14.5. The Morgan fingerprint density at radius 3 is 2.42 bits per heavy atom. The average molecular weight is 293 g/mol. The summed E-state index contributed by atoms with van der Waals surface area (Å²) in [5.74, 6) is -0.699. The summed E-state index contributed by atoms with van der Waals surface area (Å²) in [6, 6.07) is 3.35. The third kappa shape index (κ3) is 2.49. The van der Waals surface area contributed by atoms with Crippen molar-refractivity contribution in [1.82, 2.24) is 0 Å². The molecule has 0 amide bonds. The minimum absolute atomic E-state index is 0.164. The van der Waals surface area contributed by atoms with Crippen LogP contribution in [0.25, 0.3) is 0 Å². The first-order chi connectivity index (χ1) is 8.55. The maximum Gasteiger partial charge on any atom is 0.422 e. The second-order valence-electron chi connectivity index (χ2n) is 5.58. The van der Waals surface area contributed by atoms with Crippen molar-refractivity contribution < 1.29 is 22.0 Å². The first-order valence-corrected chi connectivity index (χ1v) is 9.27. The normalized spacial score (nSPS) is 23.1. The highest BCUT2D eigenvalue weighted by molar-refractivity contribution is 6.69. The molecule has 1 aliphatic heterocycles. The van der Waals surface area contributed by atoms with Crippen molar-refractivity contribution in [3.63, 3.8) is 0 Å². The highest BCUT2D eigenvalue weighted by atomic mass is 28.4. The molecule has 0 spiro atoms. The van der Waals surface area contributed by atoms with E-state index in [4.69, 9.17) is 4.43 Å². The summed E-state index contributed by atoms with van der Waals surface area (Å²) in [5.41, 5.74) is -2.34. The monoisotopic (exact) mass is 293 g/mol.